The lowest BCUT2D eigenvalue weighted by Crippen LogP contribution is -2.52. The predicted octanol–water partition coefficient (Wildman–Crippen LogP) is 4.79. The highest BCUT2D eigenvalue weighted by molar-refractivity contribution is 7.89. The van der Waals surface area contributed by atoms with Crippen molar-refractivity contribution in [2.24, 2.45) is 0 Å². The van der Waals surface area contributed by atoms with Crippen LogP contribution in [0.5, 0.6) is 0 Å². The first kappa shape index (κ1) is 28.4. The molecule has 0 heterocycles. The van der Waals surface area contributed by atoms with Crippen molar-refractivity contribution < 1.29 is 18.0 Å². The Morgan fingerprint density at radius 3 is 2.31 bits per heavy atom. The van der Waals surface area contributed by atoms with Crippen LogP contribution in [0.15, 0.2) is 47.4 Å². The minimum Gasteiger partial charge on any atom is -0.352 e. The molecule has 0 radical (unpaired) electrons. The van der Waals surface area contributed by atoms with E-state index in [2.05, 4.69) is 5.32 Å². The number of carbonyl (C=O) groups is 2. The van der Waals surface area contributed by atoms with E-state index >= 15 is 0 Å². The average molecular weight is 555 g/mol. The van der Waals surface area contributed by atoms with E-state index in [-0.39, 0.29) is 23.4 Å². The summed E-state index contributed by atoms with van der Waals surface area (Å²) in [6.07, 6.45) is 5.09. The van der Waals surface area contributed by atoms with Crippen molar-refractivity contribution in [1.29, 1.82) is 0 Å². The molecule has 0 aromatic heterocycles. The number of nitrogens with zero attached hydrogens (tertiary/aromatic N) is 2. The zero-order valence-corrected chi connectivity index (χ0v) is 23.2. The molecule has 10 heteroatoms. The van der Waals surface area contributed by atoms with Gasteiger partial charge in [-0.25, -0.2) is 8.42 Å². The Balaban J connectivity index is 1.82. The molecule has 2 aromatic carbocycles. The van der Waals surface area contributed by atoms with Gasteiger partial charge < -0.3 is 10.2 Å². The van der Waals surface area contributed by atoms with Crippen LogP contribution in [0.25, 0.3) is 0 Å². The molecule has 3 rings (SSSR count). The zero-order chi connectivity index (χ0) is 26.5. The van der Waals surface area contributed by atoms with Crippen LogP contribution >= 0.6 is 23.2 Å². The first-order chi connectivity index (χ1) is 17.0. The van der Waals surface area contributed by atoms with Crippen LogP contribution < -0.4 is 5.32 Å². The Hall–Kier alpha value is -2.13. The van der Waals surface area contributed by atoms with E-state index < -0.39 is 28.5 Å². The van der Waals surface area contributed by atoms with Crippen molar-refractivity contribution >= 4 is 45.0 Å². The van der Waals surface area contributed by atoms with Gasteiger partial charge in [0.05, 0.1) is 11.4 Å². The third kappa shape index (κ3) is 7.22. The number of hydrogen-bond donors (Lipinski definition) is 1. The summed E-state index contributed by atoms with van der Waals surface area (Å²) in [5, 5.41) is 3.87. The van der Waals surface area contributed by atoms with Crippen LogP contribution in [0.4, 0.5) is 0 Å². The van der Waals surface area contributed by atoms with Crippen LogP contribution in [-0.2, 0) is 26.2 Å². The van der Waals surface area contributed by atoms with Gasteiger partial charge in [-0.3, -0.25) is 9.59 Å². The molecule has 0 aliphatic heterocycles. The summed E-state index contributed by atoms with van der Waals surface area (Å²) in [4.78, 5) is 28.1. The smallest absolute Gasteiger partial charge is 0.243 e. The van der Waals surface area contributed by atoms with Crippen molar-refractivity contribution in [2.45, 2.75) is 69.5 Å². The Morgan fingerprint density at radius 2 is 1.69 bits per heavy atom. The van der Waals surface area contributed by atoms with Gasteiger partial charge in [0.1, 0.15) is 6.04 Å². The Morgan fingerprint density at radius 1 is 1.06 bits per heavy atom. The van der Waals surface area contributed by atoms with E-state index in [4.69, 9.17) is 23.2 Å². The van der Waals surface area contributed by atoms with E-state index in [1.165, 1.54) is 24.1 Å². The molecule has 0 spiro atoms. The average Bonchev–Trinajstić information content (AvgIpc) is 2.84. The Bertz CT molecular complexity index is 1180. The lowest BCUT2D eigenvalue weighted by Gasteiger charge is -2.32. The van der Waals surface area contributed by atoms with Crippen molar-refractivity contribution in [1.82, 2.24) is 14.5 Å². The number of hydrogen-bond acceptors (Lipinski definition) is 4. The molecule has 1 saturated carbocycles. The number of rotatable bonds is 9. The fourth-order valence-electron chi connectivity index (χ4n) is 4.24. The molecule has 36 heavy (non-hydrogen) atoms. The first-order valence-corrected chi connectivity index (χ1v) is 14.3. The number of benzene rings is 2. The molecule has 2 aromatic rings. The van der Waals surface area contributed by atoms with Gasteiger partial charge in [-0.2, -0.15) is 4.31 Å². The number of nitrogens with one attached hydrogen (secondary N) is 1. The quantitative estimate of drug-likeness (QED) is 0.483. The van der Waals surface area contributed by atoms with Crippen LogP contribution in [-0.4, -0.2) is 55.1 Å². The van der Waals surface area contributed by atoms with Crippen LogP contribution in [0.2, 0.25) is 10.0 Å². The molecule has 1 atom stereocenters. The monoisotopic (exact) mass is 553 g/mol. The fraction of sp³-hybridized carbons (Fsp3) is 0.462. The highest BCUT2D eigenvalue weighted by Crippen LogP contribution is 2.24. The number of likely N-dealkylation sites (N-methyl/N-ethyl adjacent to an activating group) is 1. The predicted molar refractivity (Wildman–Crippen MR) is 142 cm³/mol. The highest BCUT2D eigenvalue weighted by atomic mass is 35.5. The number of aryl methyl sites for hydroxylation is 1. The largest absolute Gasteiger partial charge is 0.352 e. The molecule has 1 aliphatic rings. The number of sulfonamides is 1. The molecular formula is C26H33Cl2N3O4S. The number of amides is 2. The van der Waals surface area contributed by atoms with Gasteiger partial charge in [0.2, 0.25) is 21.8 Å². The molecule has 1 fully saturated rings. The van der Waals surface area contributed by atoms with Crippen LogP contribution in [0.3, 0.4) is 0 Å². The van der Waals surface area contributed by atoms with Gasteiger partial charge in [0, 0.05) is 29.7 Å². The van der Waals surface area contributed by atoms with Gasteiger partial charge in [-0.05, 0) is 56.5 Å². The van der Waals surface area contributed by atoms with Gasteiger partial charge in [-0.15, -0.1) is 0 Å². The van der Waals surface area contributed by atoms with E-state index in [0.717, 1.165) is 42.0 Å². The topological polar surface area (TPSA) is 86.8 Å². The van der Waals surface area contributed by atoms with E-state index in [1.54, 1.807) is 37.3 Å². The van der Waals surface area contributed by atoms with Gasteiger partial charge in [0.15, 0.2) is 0 Å². The first-order valence-electron chi connectivity index (χ1n) is 12.1. The summed E-state index contributed by atoms with van der Waals surface area (Å²) in [7, 11) is -2.54. The number of carbonyl (C=O) groups excluding carboxylic acids is 2. The summed E-state index contributed by atoms with van der Waals surface area (Å²) in [6, 6.07) is 10.6. The minimum atomic E-state index is -3.90. The highest BCUT2D eigenvalue weighted by Gasteiger charge is 2.31. The van der Waals surface area contributed by atoms with Crippen LogP contribution in [0.1, 0.15) is 50.2 Å². The molecule has 2 amide bonds. The fourth-order valence-corrected chi connectivity index (χ4v) is 5.83. The summed E-state index contributed by atoms with van der Waals surface area (Å²) in [6.45, 7) is 3.12. The molecule has 0 bridgehead atoms. The summed E-state index contributed by atoms with van der Waals surface area (Å²) in [5.41, 5.74) is 1.53. The molecule has 196 valence electrons. The van der Waals surface area contributed by atoms with Crippen molar-refractivity contribution in [3.05, 3.63) is 63.6 Å². The second kappa shape index (κ2) is 12.4. The van der Waals surface area contributed by atoms with E-state index in [0.29, 0.717) is 15.6 Å². The lowest BCUT2D eigenvalue weighted by molar-refractivity contribution is -0.141. The maximum absolute atomic E-state index is 13.5. The van der Waals surface area contributed by atoms with Gasteiger partial charge >= 0.3 is 0 Å². The van der Waals surface area contributed by atoms with E-state index in [1.807, 2.05) is 6.92 Å². The zero-order valence-electron chi connectivity index (χ0n) is 20.8. The summed E-state index contributed by atoms with van der Waals surface area (Å²) < 4.78 is 27.1. The van der Waals surface area contributed by atoms with Crippen molar-refractivity contribution in [2.75, 3.05) is 13.6 Å². The van der Waals surface area contributed by atoms with Crippen molar-refractivity contribution in [3.8, 4) is 0 Å². The van der Waals surface area contributed by atoms with Gasteiger partial charge in [0.25, 0.3) is 0 Å². The van der Waals surface area contributed by atoms with Crippen molar-refractivity contribution in [3.63, 3.8) is 0 Å². The Kier molecular flexibility index (Phi) is 9.80. The van der Waals surface area contributed by atoms with E-state index in [9.17, 15) is 18.0 Å². The minimum absolute atomic E-state index is 0.0342. The summed E-state index contributed by atoms with van der Waals surface area (Å²) >= 11 is 12.4. The third-order valence-corrected chi connectivity index (χ3v) is 8.97. The second-order valence-corrected chi connectivity index (χ2v) is 12.2. The molecular weight excluding hydrogens is 521 g/mol. The maximum atomic E-state index is 13.5. The van der Waals surface area contributed by atoms with Gasteiger partial charge in [-0.1, -0.05) is 66.2 Å². The third-order valence-electron chi connectivity index (χ3n) is 6.56. The molecule has 7 nitrogen and oxygen atoms in total. The normalized spacial score (nSPS) is 15.5. The van der Waals surface area contributed by atoms with Crippen LogP contribution in [0, 0.1) is 6.92 Å². The molecule has 0 saturated heterocycles. The standard InChI is InChI=1S/C26H33Cl2N3O4S/c1-18-9-13-23(14-10-18)36(34,35)30(3)17-25(32)31(16-20-11-12-21(27)15-24(20)28)19(2)26(33)29-22-7-5-4-6-8-22/h9-15,19,22H,4-8,16-17H2,1-3H3,(H,29,33). The molecule has 1 N–H and O–H groups in total. The maximum Gasteiger partial charge on any atom is 0.243 e. The molecule has 1 aliphatic carbocycles. The number of halogens is 2. The second-order valence-electron chi connectivity index (χ2n) is 9.35. The summed E-state index contributed by atoms with van der Waals surface area (Å²) in [5.74, 6) is -0.783. The Labute approximate surface area is 223 Å². The lowest BCUT2D eigenvalue weighted by atomic mass is 9.95. The molecule has 1 unspecified atom stereocenters. The SMILES string of the molecule is Cc1ccc(S(=O)(=O)N(C)CC(=O)N(Cc2ccc(Cl)cc2Cl)C(C)C(=O)NC2CCCCC2)cc1.